The summed E-state index contributed by atoms with van der Waals surface area (Å²) in [5, 5.41) is 7.98. The molecule has 0 bridgehead atoms. The van der Waals surface area contributed by atoms with E-state index in [-0.39, 0.29) is 5.60 Å². The second-order valence-electron chi connectivity index (χ2n) is 6.25. The predicted octanol–water partition coefficient (Wildman–Crippen LogP) is 2.03. The molecule has 23 heavy (non-hydrogen) atoms. The number of ether oxygens (including phenoxy) is 1. The standard InChI is InChI=1S/C17H17N5O/c1-2-4-14-12(3-1)5-6-17(14)10-22(7-8-23-17)16-13-9-20-21-15(13)18-11-19-16/h1-4,9,11H,5-8,10H2,(H,18,19,20,21). The monoisotopic (exact) mass is 307 g/mol. The average molecular weight is 307 g/mol. The van der Waals surface area contributed by atoms with Crippen LogP contribution in [0.1, 0.15) is 17.5 Å². The first-order valence-corrected chi connectivity index (χ1v) is 7.97. The van der Waals surface area contributed by atoms with Crippen LogP contribution in [0.5, 0.6) is 0 Å². The minimum atomic E-state index is -0.212. The van der Waals surface area contributed by atoms with Crippen molar-refractivity contribution in [2.75, 3.05) is 24.6 Å². The summed E-state index contributed by atoms with van der Waals surface area (Å²) < 4.78 is 6.29. The highest BCUT2D eigenvalue weighted by molar-refractivity contribution is 5.86. The molecule has 116 valence electrons. The molecule has 1 saturated heterocycles. The SMILES string of the molecule is c1ccc2c(c1)CCC21CN(c2ncnc3[nH]ncc23)CCO1. The third kappa shape index (κ3) is 1.88. The summed E-state index contributed by atoms with van der Waals surface area (Å²) in [6.07, 6.45) is 5.51. The number of aryl methyl sites for hydroxylation is 1. The number of aromatic amines is 1. The van der Waals surface area contributed by atoms with Gasteiger partial charge >= 0.3 is 0 Å². The van der Waals surface area contributed by atoms with Crippen LogP contribution in [-0.4, -0.2) is 39.9 Å². The maximum Gasteiger partial charge on any atom is 0.160 e. The Morgan fingerprint density at radius 2 is 2.17 bits per heavy atom. The van der Waals surface area contributed by atoms with Gasteiger partial charge in [-0.15, -0.1) is 0 Å². The van der Waals surface area contributed by atoms with E-state index in [1.807, 2.05) is 0 Å². The zero-order chi connectivity index (χ0) is 15.3. The first-order valence-electron chi connectivity index (χ1n) is 7.97. The topological polar surface area (TPSA) is 66.9 Å². The summed E-state index contributed by atoms with van der Waals surface area (Å²) in [7, 11) is 0. The molecule has 3 aromatic rings. The number of aromatic nitrogens is 4. The smallest absolute Gasteiger partial charge is 0.160 e. The molecule has 1 aromatic carbocycles. The Bertz CT molecular complexity index is 872. The number of hydrogen-bond acceptors (Lipinski definition) is 5. The van der Waals surface area contributed by atoms with E-state index in [0.717, 1.165) is 42.8 Å². The quantitative estimate of drug-likeness (QED) is 0.745. The number of nitrogens with one attached hydrogen (secondary N) is 1. The van der Waals surface area contributed by atoms with Gasteiger partial charge in [-0.1, -0.05) is 24.3 Å². The molecule has 6 nitrogen and oxygen atoms in total. The summed E-state index contributed by atoms with van der Waals surface area (Å²) in [5.74, 6) is 0.941. The second kappa shape index (κ2) is 4.76. The molecule has 1 spiro atoms. The molecule has 1 N–H and O–H groups in total. The Hall–Kier alpha value is -2.47. The molecule has 1 unspecified atom stereocenters. The Morgan fingerprint density at radius 1 is 1.22 bits per heavy atom. The maximum absolute atomic E-state index is 6.29. The molecule has 1 atom stereocenters. The van der Waals surface area contributed by atoms with E-state index in [9.17, 15) is 0 Å². The first-order chi connectivity index (χ1) is 11.4. The highest BCUT2D eigenvalue weighted by Gasteiger charge is 2.43. The summed E-state index contributed by atoms with van der Waals surface area (Å²) in [5.41, 5.74) is 3.31. The van der Waals surface area contributed by atoms with Crippen molar-refractivity contribution in [3.05, 3.63) is 47.9 Å². The van der Waals surface area contributed by atoms with Crippen molar-refractivity contribution in [2.45, 2.75) is 18.4 Å². The van der Waals surface area contributed by atoms with Gasteiger partial charge in [0.05, 0.1) is 24.7 Å². The van der Waals surface area contributed by atoms with Crippen LogP contribution in [0.2, 0.25) is 0 Å². The van der Waals surface area contributed by atoms with E-state index in [1.165, 1.54) is 11.1 Å². The van der Waals surface area contributed by atoms with Crippen LogP contribution in [0.4, 0.5) is 5.82 Å². The van der Waals surface area contributed by atoms with E-state index in [1.54, 1.807) is 12.5 Å². The number of rotatable bonds is 1. The lowest BCUT2D eigenvalue weighted by molar-refractivity contribution is -0.0593. The lowest BCUT2D eigenvalue weighted by Crippen LogP contribution is -2.49. The average Bonchev–Trinajstić information content (AvgIpc) is 3.21. The number of anilines is 1. The number of benzene rings is 1. The molecule has 1 fully saturated rings. The van der Waals surface area contributed by atoms with E-state index in [4.69, 9.17) is 4.74 Å². The van der Waals surface area contributed by atoms with Crippen LogP contribution in [0.25, 0.3) is 11.0 Å². The fourth-order valence-corrected chi connectivity index (χ4v) is 3.94. The minimum absolute atomic E-state index is 0.212. The molecule has 3 heterocycles. The Kier molecular flexibility index (Phi) is 2.69. The molecule has 1 aliphatic carbocycles. The Balaban J connectivity index is 1.56. The van der Waals surface area contributed by atoms with Crippen molar-refractivity contribution in [1.82, 2.24) is 20.2 Å². The van der Waals surface area contributed by atoms with Gasteiger partial charge in [-0.2, -0.15) is 5.10 Å². The van der Waals surface area contributed by atoms with Crippen LogP contribution in [0.3, 0.4) is 0 Å². The summed E-state index contributed by atoms with van der Waals surface area (Å²) in [6, 6.07) is 8.63. The summed E-state index contributed by atoms with van der Waals surface area (Å²) in [6.45, 7) is 2.36. The van der Waals surface area contributed by atoms with Gasteiger partial charge < -0.3 is 9.64 Å². The fraction of sp³-hybridized carbons (Fsp3) is 0.353. The molecule has 2 aliphatic rings. The molecule has 6 heteroatoms. The third-order valence-corrected chi connectivity index (χ3v) is 5.02. The summed E-state index contributed by atoms with van der Waals surface area (Å²) >= 11 is 0. The van der Waals surface area contributed by atoms with Crippen LogP contribution < -0.4 is 4.90 Å². The molecule has 1 aliphatic heterocycles. The largest absolute Gasteiger partial charge is 0.367 e. The van der Waals surface area contributed by atoms with Crippen molar-refractivity contribution in [2.24, 2.45) is 0 Å². The van der Waals surface area contributed by atoms with E-state index in [0.29, 0.717) is 6.61 Å². The van der Waals surface area contributed by atoms with Crippen molar-refractivity contribution in [3.63, 3.8) is 0 Å². The Morgan fingerprint density at radius 3 is 3.17 bits per heavy atom. The van der Waals surface area contributed by atoms with Crippen molar-refractivity contribution in [3.8, 4) is 0 Å². The molecular formula is C17H17N5O. The van der Waals surface area contributed by atoms with Gasteiger partial charge in [0.2, 0.25) is 0 Å². The zero-order valence-corrected chi connectivity index (χ0v) is 12.7. The molecular weight excluding hydrogens is 290 g/mol. The number of hydrogen-bond donors (Lipinski definition) is 1. The highest BCUT2D eigenvalue weighted by atomic mass is 16.5. The zero-order valence-electron chi connectivity index (χ0n) is 12.7. The van der Waals surface area contributed by atoms with Crippen LogP contribution in [0.15, 0.2) is 36.8 Å². The van der Waals surface area contributed by atoms with Gasteiger partial charge in [-0.05, 0) is 24.0 Å². The van der Waals surface area contributed by atoms with Gasteiger partial charge in [0.1, 0.15) is 17.7 Å². The van der Waals surface area contributed by atoms with Gasteiger partial charge in [0, 0.05) is 6.54 Å². The van der Waals surface area contributed by atoms with E-state index in [2.05, 4.69) is 49.3 Å². The second-order valence-corrected chi connectivity index (χ2v) is 6.25. The molecule has 0 radical (unpaired) electrons. The lowest BCUT2D eigenvalue weighted by atomic mass is 9.93. The number of fused-ring (bicyclic) bond motifs is 3. The molecule has 2 aromatic heterocycles. The van der Waals surface area contributed by atoms with Crippen molar-refractivity contribution < 1.29 is 4.74 Å². The highest BCUT2D eigenvalue weighted by Crippen LogP contribution is 2.43. The van der Waals surface area contributed by atoms with Crippen molar-refractivity contribution >= 4 is 16.9 Å². The fourth-order valence-electron chi connectivity index (χ4n) is 3.94. The van der Waals surface area contributed by atoms with Gasteiger partial charge in [-0.25, -0.2) is 9.97 Å². The van der Waals surface area contributed by atoms with Crippen molar-refractivity contribution in [1.29, 1.82) is 0 Å². The van der Waals surface area contributed by atoms with E-state index >= 15 is 0 Å². The van der Waals surface area contributed by atoms with Crippen LogP contribution in [0, 0.1) is 0 Å². The normalized spacial score (nSPS) is 23.6. The number of H-pyrrole nitrogens is 1. The third-order valence-electron chi connectivity index (χ3n) is 5.02. The van der Waals surface area contributed by atoms with Gasteiger partial charge in [0.15, 0.2) is 5.65 Å². The van der Waals surface area contributed by atoms with E-state index < -0.39 is 0 Å². The van der Waals surface area contributed by atoms with Crippen LogP contribution in [-0.2, 0) is 16.8 Å². The minimum Gasteiger partial charge on any atom is -0.367 e. The van der Waals surface area contributed by atoms with Crippen LogP contribution >= 0.6 is 0 Å². The number of nitrogens with zero attached hydrogens (tertiary/aromatic N) is 4. The maximum atomic E-state index is 6.29. The summed E-state index contributed by atoms with van der Waals surface area (Å²) in [4.78, 5) is 11.1. The van der Waals surface area contributed by atoms with Gasteiger partial charge in [-0.3, -0.25) is 5.10 Å². The molecule has 5 rings (SSSR count). The number of morpholine rings is 1. The molecule has 0 amide bonds. The van der Waals surface area contributed by atoms with Gasteiger partial charge in [0.25, 0.3) is 0 Å². The molecule has 0 saturated carbocycles. The Labute approximate surface area is 133 Å². The predicted molar refractivity (Wildman–Crippen MR) is 86.3 cm³/mol. The first kappa shape index (κ1) is 13.0. The lowest BCUT2D eigenvalue weighted by Gasteiger charge is -2.41.